The Bertz CT molecular complexity index is 696. The van der Waals surface area contributed by atoms with Crippen LogP contribution in [0.4, 0.5) is 0 Å². The number of carbonyl (C=O) groups excluding carboxylic acids is 2. The standard InChI is InChI=1S/C18H21BrN2O4/c1-12(22)15-16(13-2-4-14(19)5-3-13)21(18(24)17(15)23)7-6-20-8-10-25-11-9-20/h2-5,16,23H,6-11H2,1H3/t16-/m1/s1. The van der Waals surface area contributed by atoms with Crippen molar-refractivity contribution in [1.82, 2.24) is 9.80 Å². The third-order valence-electron chi connectivity index (χ3n) is 4.63. The third-order valence-corrected chi connectivity index (χ3v) is 5.16. The molecule has 0 bridgehead atoms. The van der Waals surface area contributed by atoms with Gasteiger partial charge >= 0.3 is 0 Å². The first kappa shape index (κ1) is 18.1. The van der Waals surface area contributed by atoms with Crippen molar-refractivity contribution in [3.05, 3.63) is 45.6 Å². The quantitative estimate of drug-likeness (QED) is 0.807. The van der Waals surface area contributed by atoms with Crippen LogP contribution in [-0.2, 0) is 14.3 Å². The predicted octanol–water partition coefficient (Wildman–Crippen LogP) is 2.07. The molecule has 3 rings (SSSR count). The highest BCUT2D eigenvalue weighted by atomic mass is 79.9. The van der Waals surface area contributed by atoms with Crippen LogP contribution in [0.5, 0.6) is 0 Å². The van der Waals surface area contributed by atoms with E-state index in [0.717, 1.165) is 23.1 Å². The lowest BCUT2D eigenvalue weighted by Gasteiger charge is -2.31. The summed E-state index contributed by atoms with van der Waals surface area (Å²) in [7, 11) is 0. The maximum absolute atomic E-state index is 12.6. The first-order valence-electron chi connectivity index (χ1n) is 8.29. The molecule has 0 radical (unpaired) electrons. The van der Waals surface area contributed by atoms with Gasteiger partial charge in [0, 0.05) is 30.7 Å². The van der Waals surface area contributed by atoms with Crippen molar-refractivity contribution in [3.8, 4) is 0 Å². The van der Waals surface area contributed by atoms with Crippen LogP contribution in [0.1, 0.15) is 18.5 Å². The zero-order valence-electron chi connectivity index (χ0n) is 14.1. The Labute approximate surface area is 155 Å². The number of aliphatic hydroxyl groups is 1. The summed E-state index contributed by atoms with van der Waals surface area (Å²) < 4.78 is 6.26. The Kier molecular flexibility index (Phi) is 5.56. The summed E-state index contributed by atoms with van der Waals surface area (Å²) in [6.07, 6.45) is 0. The molecule has 7 heteroatoms. The predicted molar refractivity (Wildman–Crippen MR) is 96.2 cm³/mol. The van der Waals surface area contributed by atoms with Gasteiger partial charge in [-0.3, -0.25) is 14.5 Å². The van der Waals surface area contributed by atoms with Crippen LogP contribution in [0.2, 0.25) is 0 Å². The van der Waals surface area contributed by atoms with E-state index in [0.29, 0.717) is 26.3 Å². The van der Waals surface area contributed by atoms with E-state index in [4.69, 9.17) is 4.74 Å². The molecule has 0 aromatic heterocycles. The molecule has 1 atom stereocenters. The van der Waals surface area contributed by atoms with Gasteiger partial charge in [-0.15, -0.1) is 0 Å². The fourth-order valence-electron chi connectivity index (χ4n) is 3.31. The van der Waals surface area contributed by atoms with Gasteiger partial charge in [-0.05, 0) is 24.6 Å². The molecule has 0 aliphatic carbocycles. The van der Waals surface area contributed by atoms with Gasteiger partial charge in [-0.2, -0.15) is 0 Å². The molecule has 25 heavy (non-hydrogen) atoms. The van der Waals surface area contributed by atoms with Crippen LogP contribution in [-0.4, -0.2) is 66.0 Å². The number of amides is 1. The van der Waals surface area contributed by atoms with E-state index < -0.39 is 17.7 Å². The monoisotopic (exact) mass is 408 g/mol. The second-order valence-electron chi connectivity index (χ2n) is 6.23. The van der Waals surface area contributed by atoms with Crippen LogP contribution in [0.15, 0.2) is 40.1 Å². The Morgan fingerprint density at radius 1 is 1.24 bits per heavy atom. The maximum Gasteiger partial charge on any atom is 0.290 e. The van der Waals surface area contributed by atoms with E-state index in [2.05, 4.69) is 20.8 Å². The topological polar surface area (TPSA) is 70.1 Å². The molecule has 1 saturated heterocycles. The number of benzene rings is 1. The summed E-state index contributed by atoms with van der Waals surface area (Å²) >= 11 is 3.39. The van der Waals surface area contributed by atoms with Crippen molar-refractivity contribution in [2.75, 3.05) is 39.4 Å². The van der Waals surface area contributed by atoms with E-state index in [1.165, 1.54) is 6.92 Å². The molecule has 134 valence electrons. The lowest BCUT2D eigenvalue weighted by Crippen LogP contribution is -2.43. The molecule has 1 aromatic carbocycles. The van der Waals surface area contributed by atoms with Gasteiger partial charge in [-0.25, -0.2) is 0 Å². The first-order valence-corrected chi connectivity index (χ1v) is 9.09. The number of ketones is 1. The Morgan fingerprint density at radius 3 is 2.48 bits per heavy atom. The van der Waals surface area contributed by atoms with Gasteiger partial charge in [-0.1, -0.05) is 28.1 Å². The summed E-state index contributed by atoms with van der Waals surface area (Å²) in [6, 6.07) is 6.93. The van der Waals surface area contributed by atoms with Crippen LogP contribution in [0.3, 0.4) is 0 Å². The maximum atomic E-state index is 12.6. The van der Waals surface area contributed by atoms with Crippen LogP contribution in [0.25, 0.3) is 0 Å². The zero-order valence-corrected chi connectivity index (χ0v) is 15.7. The number of hydrogen-bond donors (Lipinski definition) is 1. The summed E-state index contributed by atoms with van der Waals surface area (Å²) in [5, 5.41) is 10.2. The number of halogens is 1. The zero-order chi connectivity index (χ0) is 18.0. The minimum Gasteiger partial charge on any atom is -0.503 e. The van der Waals surface area contributed by atoms with Crippen LogP contribution < -0.4 is 0 Å². The van der Waals surface area contributed by atoms with E-state index in [1.807, 2.05) is 24.3 Å². The number of hydrogen-bond acceptors (Lipinski definition) is 5. The van der Waals surface area contributed by atoms with E-state index in [-0.39, 0.29) is 11.4 Å². The third kappa shape index (κ3) is 3.78. The minimum atomic E-state index is -0.542. The summed E-state index contributed by atoms with van der Waals surface area (Å²) in [4.78, 5) is 28.4. The second-order valence-corrected chi connectivity index (χ2v) is 7.14. The van der Waals surface area contributed by atoms with Crippen LogP contribution in [0, 0.1) is 0 Å². The summed E-state index contributed by atoms with van der Waals surface area (Å²) in [5.74, 6) is -1.19. The van der Waals surface area contributed by atoms with Crippen molar-refractivity contribution in [2.45, 2.75) is 13.0 Å². The van der Waals surface area contributed by atoms with Gasteiger partial charge in [0.15, 0.2) is 11.5 Å². The van der Waals surface area contributed by atoms with Crippen molar-refractivity contribution in [3.63, 3.8) is 0 Å². The lowest BCUT2D eigenvalue weighted by atomic mass is 9.97. The van der Waals surface area contributed by atoms with Crippen LogP contribution >= 0.6 is 15.9 Å². The first-order chi connectivity index (χ1) is 12.0. The molecule has 6 nitrogen and oxygen atoms in total. The molecule has 0 spiro atoms. The van der Waals surface area contributed by atoms with Crippen molar-refractivity contribution in [2.24, 2.45) is 0 Å². The number of morpholine rings is 1. The molecule has 1 N–H and O–H groups in total. The van der Waals surface area contributed by atoms with Gasteiger partial charge in [0.05, 0.1) is 24.8 Å². The molecule has 2 heterocycles. The lowest BCUT2D eigenvalue weighted by molar-refractivity contribution is -0.129. The van der Waals surface area contributed by atoms with Crippen molar-refractivity contribution < 1.29 is 19.4 Å². The van der Waals surface area contributed by atoms with Gasteiger partial charge in [0.2, 0.25) is 0 Å². The number of aliphatic hydroxyl groups excluding tert-OH is 1. The fraction of sp³-hybridized carbons (Fsp3) is 0.444. The minimum absolute atomic E-state index is 0.175. The number of carbonyl (C=O) groups is 2. The highest BCUT2D eigenvalue weighted by Gasteiger charge is 2.42. The molecule has 0 unspecified atom stereocenters. The summed E-state index contributed by atoms with van der Waals surface area (Å²) in [5.41, 5.74) is 0.988. The molecule has 1 aromatic rings. The Hall–Kier alpha value is -1.70. The Balaban J connectivity index is 1.85. The second kappa shape index (κ2) is 7.68. The number of Topliss-reactive ketones (excluding diaryl/α,β-unsaturated/α-hetero) is 1. The average molecular weight is 409 g/mol. The van der Waals surface area contributed by atoms with E-state index in [1.54, 1.807) is 4.90 Å². The smallest absolute Gasteiger partial charge is 0.290 e. The summed E-state index contributed by atoms with van der Waals surface area (Å²) in [6.45, 7) is 5.53. The fourth-order valence-corrected chi connectivity index (χ4v) is 3.57. The van der Waals surface area contributed by atoms with Gasteiger partial charge in [0.1, 0.15) is 0 Å². The van der Waals surface area contributed by atoms with Gasteiger partial charge < -0.3 is 14.7 Å². The van der Waals surface area contributed by atoms with E-state index >= 15 is 0 Å². The van der Waals surface area contributed by atoms with Crippen molar-refractivity contribution in [1.29, 1.82) is 0 Å². The number of nitrogens with zero attached hydrogens (tertiary/aromatic N) is 2. The SMILES string of the molecule is CC(=O)C1=C(O)C(=O)N(CCN2CCOCC2)[C@@H]1c1ccc(Br)cc1. The number of ether oxygens (including phenoxy) is 1. The molecule has 0 saturated carbocycles. The largest absolute Gasteiger partial charge is 0.503 e. The molecular formula is C18H21BrN2O4. The molecule has 2 aliphatic rings. The number of rotatable bonds is 5. The van der Waals surface area contributed by atoms with Crippen molar-refractivity contribution >= 4 is 27.6 Å². The van der Waals surface area contributed by atoms with Gasteiger partial charge in [0.25, 0.3) is 5.91 Å². The van der Waals surface area contributed by atoms with E-state index in [9.17, 15) is 14.7 Å². The average Bonchev–Trinajstić information content (AvgIpc) is 2.86. The molecular weight excluding hydrogens is 388 g/mol. The highest BCUT2D eigenvalue weighted by molar-refractivity contribution is 9.10. The molecule has 1 fully saturated rings. The molecule has 1 amide bonds. The normalized spacial score (nSPS) is 21.9. The Morgan fingerprint density at radius 2 is 1.88 bits per heavy atom. The highest BCUT2D eigenvalue weighted by Crippen LogP contribution is 2.37. The molecule has 2 aliphatic heterocycles.